The number of halogens is 1. The highest BCUT2D eigenvalue weighted by Crippen LogP contribution is 2.20. The minimum Gasteiger partial charge on any atom is -0.340 e. The minimum atomic E-state index is 0.563. The van der Waals surface area contributed by atoms with Crippen molar-refractivity contribution in [3.8, 4) is 0 Å². The molecule has 0 aliphatic rings. The molecule has 0 radical (unpaired) electrons. The molecule has 0 amide bonds. The van der Waals surface area contributed by atoms with E-state index in [0.29, 0.717) is 5.92 Å². The Labute approximate surface area is 110 Å². The number of rotatable bonds is 3. The Morgan fingerprint density at radius 2 is 1.76 bits per heavy atom. The van der Waals surface area contributed by atoms with Gasteiger partial charge in [0.2, 0.25) is 0 Å². The van der Waals surface area contributed by atoms with Crippen molar-refractivity contribution in [1.82, 2.24) is 4.98 Å². The van der Waals surface area contributed by atoms with Crippen molar-refractivity contribution in [3.63, 3.8) is 0 Å². The summed E-state index contributed by atoms with van der Waals surface area (Å²) in [6, 6.07) is 14.3. The highest BCUT2D eigenvalue weighted by molar-refractivity contribution is 9.10. The van der Waals surface area contributed by atoms with Crippen LogP contribution in [0.15, 0.2) is 47.1 Å². The number of nitrogens with zero attached hydrogens (tertiary/aromatic N) is 1. The van der Waals surface area contributed by atoms with Gasteiger partial charge in [-0.25, -0.2) is 4.98 Å². The molecular weight excluding hydrogens is 276 g/mol. The zero-order valence-electron chi connectivity index (χ0n) is 9.94. The lowest BCUT2D eigenvalue weighted by Crippen LogP contribution is -1.94. The Bertz CT molecular complexity index is 492. The van der Waals surface area contributed by atoms with Crippen LogP contribution >= 0.6 is 15.9 Å². The summed E-state index contributed by atoms with van der Waals surface area (Å²) in [7, 11) is 0. The summed E-state index contributed by atoms with van der Waals surface area (Å²) in [6.45, 7) is 4.39. The van der Waals surface area contributed by atoms with Crippen molar-refractivity contribution in [2.24, 2.45) is 0 Å². The molecule has 88 valence electrons. The molecule has 0 fully saturated rings. The number of pyridine rings is 1. The van der Waals surface area contributed by atoms with Crippen LogP contribution in [0, 0.1) is 0 Å². The Kier molecular flexibility index (Phi) is 3.79. The van der Waals surface area contributed by atoms with E-state index in [1.54, 1.807) is 0 Å². The van der Waals surface area contributed by atoms with Crippen LogP contribution in [0.25, 0.3) is 0 Å². The van der Waals surface area contributed by atoms with Gasteiger partial charge in [-0.3, -0.25) is 0 Å². The van der Waals surface area contributed by atoms with Crippen LogP contribution in [0.5, 0.6) is 0 Å². The lowest BCUT2D eigenvalue weighted by Gasteiger charge is -2.08. The third-order valence-electron chi connectivity index (χ3n) is 2.56. The summed E-state index contributed by atoms with van der Waals surface area (Å²) in [6.07, 6.45) is 0. The number of hydrogen-bond acceptors (Lipinski definition) is 2. The van der Waals surface area contributed by atoms with Crippen molar-refractivity contribution in [1.29, 1.82) is 0 Å². The van der Waals surface area contributed by atoms with Crippen LogP contribution < -0.4 is 5.32 Å². The van der Waals surface area contributed by atoms with Crippen LogP contribution in [-0.2, 0) is 0 Å². The predicted molar refractivity (Wildman–Crippen MR) is 75.8 cm³/mol. The Morgan fingerprint density at radius 1 is 1.06 bits per heavy atom. The number of anilines is 2. The van der Waals surface area contributed by atoms with Crippen molar-refractivity contribution < 1.29 is 0 Å². The first kappa shape index (κ1) is 12.1. The van der Waals surface area contributed by atoms with Crippen molar-refractivity contribution >= 4 is 27.4 Å². The molecule has 17 heavy (non-hydrogen) atoms. The molecule has 1 aromatic carbocycles. The fraction of sp³-hybridized carbons (Fsp3) is 0.214. The Hall–Kier alpha value is -1.35. The molecule has 0 aliphatic heterocycles. The third kappa shape index (κ3) is 3.30. The maximum absolute atomic E-state index is 4.33. The summed E-state index contributed by atoms with van der Waals surface area (Å²) < 4.78 is 0.835. The third-order valence-corrected chi connectivity index (χ3v) is 3.01. The highest BCUT2D eigenvalue weighted by atomic mass is 79.9. The average molecular weight is 291 g/mol. The summed E-state index contributed by atoms with van der Waals surface area (Å²) in [5, 5.41) is 3.27. The number of hydrogen-bond donors (Lipinski definition) is 1. The van der Waals surface area contributed by atoms with E-state index in [4.69, 9.17) is 0 Å². The monoisotopic (exact) mass is 290 g/mol. The molecule has 2 aromatic rings. The number of aromatic nitrogens is 1. The Morgan fingerprint density at radius 3 is 2.35 bits per heavy atom. The molecule has 0 atom stereocenters. The van der Waals surface area contributed by atoms with Gasteiger partial charge in [0.25, 0.3) is 0 Å². The van der Waals surface area contributed by atoms with Gasteiger partial charge in [-0.15, -0.1) is 0 Å². The van der Waals surface area contributed by atoms with Crippen LogP contribution in [0.4, 0.5) is 11.5 Å². The first-order valence-corrected chi connectivity index (χ1v) is 6.44. The summed E-state index contributed by atoms with van der Waals surface area (Å²) in [5.41, 5.74) is 2.40. The normalized spacial score (nSPS) is 10.6. The summed E-state index contributed by atoms with van der Waals surface area (Å²) in [4.78, 5) is 4.33. The second kappa shape index (κ2) is 5.32. The molecule has 0 aliphatic carbocycles. The molecule has 3 heteroatoms. The van der Waals surface area contributed by atoms with E-state index in [2.05, 4.69) is 64.3 Å². The molecule has 1 heterocycles. The highest BCUT2D eigenvalue weighted by Gasteiger charge is 2.00. The van der Waals surface area contributed by atoms with Crippen LogP contribution in [0.1, 0.15) is 25.3 Å². The summed E-state index contributed by atoms with van der Waals surface area (Å²) in [5.74, 6) is 1.41. The largest absolute Gasteiger partial charge is 0.340 e. The van der Waals surface area contributed by atoms with E-state index in [-0.39, 0.29) is 0 Å². The van der Waals surface area contributed by atoms with Crippen LogP contribution in [-0.4, -0.2) is 4.98 Å². The molecule has 1 N–H and O–H groups in total. The minimum absolute atomic E-state index is 0.563. The quantitative estimate of drug-likeness (QED) is 0.828. The molecule has 0 spiro atoms. The fourth-order valence-corrected chi connectivity index (χ4v) is 1.92. The van der Waals surface area contributed by atoms with Crippen molar-refractivity contribution in [3.05, 3.63) is 52.6 Å². The zero-order chi connectivity index (χ0) is 12.3. The van der Waals surface area contributed by atoms with E-state index in [1.165, 1.54) is 5.56 Å². The fourth-order valence-electron chi connectivity index (χ4n) is 1.58. The molecule has 1 aromatic heterocycles. The first-order valence-electron chi connectivity index (χ1n) is 5.64. The molecular formula is C14H15BrN2. The van der Waals surface area contributed by atoms with Gasteiger partial charge in [0.15, 0.2) is 0 Å². The maximum Gasteiger partial charge on any atom is 0.131 e. The van der Waals surface area contributed by atoms with Crippen molar-refractivity contribution in [2.45, 2.75) is 19.8 Å². The van der Waals surface area contributed by atoms with Gasteiger partial charge in [-0.1, -0.05) is 32.0 Å². The second-order valence-electron chi connectivity index (χ2n) is 4.25. The van der Waals surface area contributed by atoms with E-state index in [9.17, 15) is 0 Å². The van der Waals surface area contributed by atoms with Gasteiger partial charge in [0.05, 0.1) is 0 Å². The zero-order valence-corrected chi connectivity index (χ0v) is 11.5. The topological polar surface area (TPSA) is 24.9 Å². The van der Waals surface area contributed by atoms with Gasteiger partial charge < -0.3 is 5.32 Å². The standard InChI is InChI=1S/C14H15BrN2/c1-10(2)11-6-8-12(9-7-11)16-14-5-3-4-13(15)17-14/h3-10H,1-2H3,(H,16,17). The average Bonchev–Trinajstić information content (AvgIpc) is 2.29. The second-order valence-corrected chi connectivity index (χ2v) is 5.06. The molecule has 2 rings (SSSR count). The van der Waals surface area contributed by atoms with Gasteiger partial charge in [-0.05, 0) is 51.7 Å². The lowest BCUT2D eigenvalue weighted by atomic mass is 10.0. The van der Waals surface area contributed by atoms with Crippen molar-refractivity contribution in [2.75, 3.05) is 5.32 Å². The smallest absolute Gasteiger partial charge is 0.131 e. The SMILES string of the molecule is CC(C)c1ccc(Nc2cccc(Br)n2)cc1. The van der Waals surface area contributed by atoms with E-state index in [1.807, 2.05) is 18.2 Å². The van der Waals surface area contributed by atoms with E-state index < -0.39 is 0 Å². The van der Waals surface area contributed by atoms with Gasteiger partial charge in [-0.2, -0.15) is 0 Å². The van der Waals surface area contributed by atoms with Crippen LogP contribution in [0.3, 0.4) is 0 Å². The van der Waals surface area contributed by atoms with E-state index in [0.717, 1.165) is 16.1 Å². The molecule has 0 bridgehead atoms. The number of benzene rings is 1. The molecule has 0 saturated heterocycles. The maximum atomic E-state index is 4.33. The van der Waals surface area contributed by atoms with Gasteiger partial charge in [0.1, 0.15) is 10.4 Å². The van der Waals surface area contributed by atoms with E-state index >= 15 is 0 Å². The van der Waals surface area contributed by atoms with Gasteiger partial charge in [0, 0.05) is 5.69 Å². The summed E-state index contributed by atoms with van der Waals surface area (Å²) >= 11 is 3.36. The predicted octanol–water partition coefficient (Wildman–Crippen LogP) is 4.71. The van der Waals surface area contributed by atoms with Gasteiger partial charge >= 0.3 is 0 Å². The molecule has 0 saturated carbocycles. The number of nitrogens with one attached hydrogen (secondary N) is 1. The lowest BCUT2D eigenvalue weighted by molar-refractivity contribution is 0.867. The molecule has 2 nitrogen and oxygen atoms in total. The Balaban J connectivity index is 2.14. The van der Waals surface area contributed by atoms with Crippen LogP contribution in [0.2, 0.25) is 0 Å². The first-order chi connectivity index (χ1) is 8.15. The molecule has 0 unspecified atom stereocenters.